The molecule has 1 aliphatic heterocycles. The highest BCUT2D eigenvalue weighted by Crippen LogP contribution is 2.77. The highest BCUT2D eigenvalue weighted by Gasteiger charge is 2.77. The van der Waals surface area contributed by atoms with E-state index in [1.54, 1.807) is 11.6 Å². The fourth-order valence-electron chi connectivity index (χ4n) is 7.49. The Kier molecular flexibility index (Phi) is 2.53. The molecule has 3 saturated carbocycles. The van der Waals surface area contributed by atoms with E-state index >= 15 is 0 Å². The van der Waals surface area contributed by atoms with Crippen molar-refractivity contribution < 1.29 is 14.3 Å². The standard InChI is InChI=1S/C22H24O3/c1-21-8-6-15-14-5-3-13(23)10-12(14)2-4-16(15)20(21)17-11-18(17)22(21)9-7-19(24)25-22/h2,4,7,9,15-18,20H,3,5-6,8,10-11H2,1H3/t15?,16?,17?,18?,20?,21-,22-/m0/s1. The predicted molar refractivity (Wildman–Crippen MR) is 92.4 cm³/mol. The second kappa shape index (κ2) is 4.36. The van der Waals surface area contributed by atoms with Gasteiger partial charge in [0.15, 0.2) is 0 Å². The van der Waals surface area contributed by atoms with Crippen molar-refractivity contribution >= 4 is 11.8 Å². The molecule has 0 saturated heterocycles. The number of Topliss-reactive ketones (excluding diaryl/α,β-unsaturated/α-hetero) is 1. The van der Waals surface area contributed by atoms with Crippen molar-refractivity contribution in [2.24, 2.45) is 35.0 Å². The minimum Gasteiger partial charge on any atom is -0.451 e. The average Bonchev–Trinajstić information content (AvgIpc) is 3.23. The first-order valence-electron chi connectivity index (χ1n) is 9.87. The molecule has 0 amide bonds. The van der Waals surface area contributed by atoms with Crippen molar-refractivity contribution in [1.82, 2.24) is 0 Å². The van der Waals surface area contributed by atoms with Crippen molar-refractivity contribution in [2.75, 3.05) is 0 Å². The second-order valence-corrected chi connectivity index (χ2v) is 9.34. The first-order chi connectivity index (χ1) is 12.0. The third kappa shape index (κ3) is 1.59. The van der Waals surface area contributed by atoms with E-state index in [2.05, 4.69) is 25.2 Å². The molecule has 5 aliphatic carbocycles. The Morgan fingerprint density at radius 2 is 2.08 bits per heavy atom. The van der Waals surface area contributed by atoms with Crippen LogP contribution in [0.5, 0.6) is 0 Å². The molecule has 3 nitrogen and oxygen atoms in total. The van der Waals surface area contributed by atoms with Gasteiger partial charge in [-0.1, -0.05) is 24.6 Å². The molecule has 3 heteroatoms. The summed E-state index contributed by atoms with van der Waals surface area (Å²) in [6.45, 7) is 2.38. The summed E-state index contributed by atoms with van der Waals surface area (Å²) in [4.78, 5) is 23.8. The van der Waals surface area contributed by atoms with Gasteiger partial charge in [0.1, 0.15) is 11.4 Å². The van der Waals surface area contributed by atoms with Crippen LogP contribution in [0.2, 0.25) is 0 Å². The zero-order chi connectivity index (χ0) is 17.0. The molecule has 3 fully saturated rings. The molecule has 7 atom stereocenters. The maximum absolute atomic E-state index is 11.9. The number of ketones is 1. The molecule has 0 bridgehead atoms. The molecular weight excluding hydrogens is 312 g/mol. The van der Waals surface area contributed by atoms with E-state index in [-0.39, 0.29) is 17.0 Å². The van der Waals surface area contributed by atoms with Gasteiger partial charge in [0.25, 0.3) is 0 Å². The van der Waals surface area contributed by atoms with Gasteiger partial charge in [0.2, 0.25) is 0 Å². The van der Waals surface area contributed by atoms with Gasteiger partial charge in [0, 0.05) is 30.3 Å². The lowest BCUT2D eigenvalue weighted by Crippen LogP contribution is -2.53. The number of rotatable bonds is 0. The van der Waals surface area contributed by atoms with Gasteiger partial charge in [-0.3, -0.25) is 4.79 Å². The maximum Gasteiger partial charge on any atom is 0.331 e. The van der Waals surface area contributed by atoms with Crippen molar-refractivity contribution in [3.8, 4) is 0 Å². The number of ether oxygens (including phenoxy) is 1. The lowest BCUT2D eigenvalue weighted by atomic mass is 9.52. The van der Waals surface area contributed by atoms with E-state index < -0.39 is 0 Å². The molecule has 5 unspecified atom stereocenters. The number of esters is 1. The van der Waals surface area contributed by atoms with Crippen LogP contribution in [-0.4, -0.2) is 17.4 Å². The SMILES string of the molecule is C[C@]12CCC3C4=C(C=CC3C1C1CC1[C@@]21C=CC(=O)O1)CC(=O)CC4. The van der Waals surface area contributed by atoms with Crippen LogP contribution >= 0.6 is 0 Å². The number of hydrogen-bond donors (Lipinski definition) is 0. The van der Waals surface area contributed by atoms with Crippen LogP contribution in [0, 0.1) is 35.0 Å². The summed E-state index contributed by atoms with van der Waals surface area (Å²) in [5.74, 6) is 3.26. The van der Waals surface area contributed by atoms with Crippen LogP contribution in [0.3, 0.4) is 0 Å². The Morgan fingerprint density at radius 1 is 1.20 bits per heavy atom. The van der Waals surface area contributed by atoms with E-state index in [1.807, 2.05) is 0 Å². The van der Waals surface area contributed by atoms with Gasteiger partial charge in [-0.25, -0.2) is 4.79 Å². The molecule has 1 spiro atoms. The largest absolute Gasteiger partial charge is 0.451 e. The van der Waals surface area contributed by atoms with E-state index in [9.17, 15) is 9.59 Å². The van der Waals surface area contributed by atoms with Crippen molar-refractivity contribution in [2.45, 2.75) is 51.0 Å². The highest BCUT2D eigenvalue weighted by atomic mass is 16.6. The quantitative estimate of drug-likeness (QED) is 0.633. The number of fused-ring (bicyclic) bond motifs is 8. The highest BCUT2D eigenvalue weighted by molar-refractivity contribution is 5.86. The zero-order valence-electron chi connectivity index (χ0n) is 14.7. The molecule has 1 heterocycles. The fourth-order valence-corrected chi connectivity index (χ4v) is 7.49. The average molecular weight is 336 g/mol. The summed E-state index contributed by atoms with van der Waals surface area (Å²) in [7, 11) is 0. The minimum atomic E-state index is -0.338. The van der Waals surface area contributed by atoms with Gasteiger partial charge < -0.3 is 4.74 Å². The molecule has 0 N–H and O–H groups in total. The Balaban J connectivity index is 1.41. The van der Waals surface area contributed by atoms with E-state index in [0.29, 0.717) is 41.8 Å². The van der Waals surface area contributed by atoms with Crippen molar-refractivity contribution in [3.63, 3.8) is 0 Å². The summed E-state index contributed by atoms with van der Waals surface area (Å²) in [6.07, 6.45) is 14.3. The van der Waals surface area contributed by atoms with Crippen LogP contribution in [0.25, 0.3) is 0 Å². The van der Waals surface area contributed by atoms with Crippen LogP contribution in [0.15, 0.2) is 35.5 Å². The molecule has 25 heavy (non-hydrogen) atoms. The van der Waals surface area contributed by atoms with Crippen molar-refractivity contribution in [1.29, 1.82) is 0 Å². The lowest BCUT2D eigenvalue weighted by molar-refractivity contribution is -0.164. The predicted octanol–water partition coefficient (Wildman–Crippen LogP) is 3.76. The zero-order valence-corrected chi connectivity index (χ0v) is 14.7. The minimum absolute atomic E-state index is 0.0668. The fraction of sp³-hybridized carbons (Fsp3) is 0.636. The summed E-state index contributed by atoms with van der Waals surface area (Å²) in [5, 5.41) is 0. The van der Waals surface area contributed by atoms with E-state index in [4.69, 9.17) is 4.74 Å². The Labute approximate surface area is 148 Å². The number of allylic oxidation sites excluding steroid dienone is 4. The molecule has 0 radical (unpaired) electrons. The molecule has 0 aromatic rings. The number of carbonyl (C=O) groups is 2. The molecule has 0 aromatic heterocycles. The summed E-state index contributed by atoms with van der Waals surface area (Å²) >= 11 is 0. The van der Waals surface area contributed by atoms with Gasteiger partial charge >= 0.3 is 5.97 Å². The Morgan fingerprint density at radius 3 is 2.88 bits per heavy atom. The number of carbonyl (C=O) groups excluding carboxylic acids is 2. The lowest BCUT2D eigenvalue weighted by Gasteiger charge is -2.54. The van der Waals surface area contributed by atoms with Crippen LogP contribution in [0.1, 0.15) is 45.4 Å². The van der Waals surface area contributed by atoms with Gasteiger partial charge in [-0.2, -0.15) is 0 Å². The molecule has 6 aliphatic rings. The monoisotopic (exact) mass is 336 g/mol. The van der Waals surface area contributed by atoms with Gasteiger partial charge in [0.05, 0.1) is 0 Å². The second-order valence-electron chi connectivity index (χ2n) is 9.34. The first-order valence-corrected chi connectivity index (χ1v) is 9.87. The molecule has 130 valence electrons. The summed E-state index contributed by atoms with van der Waals surface area (Å²) < 4.78 is 6.01. The van der Waals surface area contributed by atoms with Gasteiger partial charge in [-0.05, 0) is 61.0 Å². The van der Waals surface area contributed by atoms with Crippen LogP contribution < -0.4 is 0 Å². The molecule has 0 aromatic carbocycles. The normalized spacial score (nSPS) is 52.0. The maximum atomic E-state index is 11.9. The number of hydrogen-bond acceptors (Lipinski definition) is 3. The first kappa shape index (κ1) is 14.5. The Bertz CT molecular complexity index is 802. The van der Waals surface area contributed by atoms with Crippen LogP contribution in [0.4, 0.5) is 0 Å². The van der Waals surface area contributed by atoms with Gasteiger partial charge in [-0.15, -0.1) is 0 Å². The Hall–Kier alpha value is -1.64. The molecular formula is C22H24O3. The summed E-state index contributed by atoms with van der Waals surface area (Å²) in [5.41, 5.74) is 2.62. The van der Waals surface area contributed by atoms with E-state index in [1.165, 1.54) is 18.4 Å². The third-order valence-electron chi connectivity index (χ3n) is 8.51. The summed E-state index contributed by atoms with van der Waals surface area (Å²) in [6, 6.07) is 0. The smallest absolute Gasteiger partial charge is 0.331 e. The van der Waals surface area contributed by atoms with Crippen LogP contribution in [-0.2, 0) is 14.3 Å². The van der Waals surface area contributed by atoms with E-state index in [0.717, 1.165) is 19.3 Å². The third-order valence-corrected chi connectivity index (χ3v) is 8.51. The topological polar surface area (TPSA) is 43.4 Å². The van der Waals surface area contributed by atoms with Crippen molar-refractivity contribution in [3.05, 3.63) is 35.5 Å². The molecule has 6 rings (SSSR count).